The largest absolute Gasteiger partial charge is 0.453 e. The SMILES string of the molecule is Nn1c(SCC(=O)NCc2cccc(Cl)c2)nnc1C(F)(F)F. The summed E-state index contributed by atoms with van der Waals surface area (Å²) in [5, 5.41) is 9.24. The van der Waals surface area contributed by atoms with Gasteiger partial charge < -0.3 is 11.2 Å². The molecule has 0 saturated carbocycles. The van der Waals surface area contributed by atoms with E-state index >= 15 is 0 Å². The predicted molar refractivity (Wildman–Crippen MR) is 79.2 cm³/mol. The van der Waals surface area contributed by atoms with Crippen molar-refractivity contribution in [2.45, 2.75) is 17.9 Å². The van der Waals surface area contributed by atoms with Crippen LogP contribution in [0.25, 0.3) is 0 Å². The summed E-state index contributed by atoms with van der Waals surface area (Å²) in [6.45, 7) is 0.253. The third-order valence-corrected chi connectivity index (χ3v) is 3.81. The zero-order valence-electron chi connectivity index (χ0n) is 11.5. The molecule has 1 aromatic carbocycles. The molecule has 2 rings (SSSR count). The van der Waals surface area contributed by atoms with Gasteiger partial charge in [-0.2, -0.15) is 13.2 Å². The van der Waals surface area contributed by atoms with E-state index in [2.05, 4.69) is 15.5 Å². The molecule has 0 fully saturated rings. The van der Waals surface area contributed by atoms with E-state index in [9.17, 15) is 18.0 Å². The second kappa shape index (κ2) is 7.09. The van der Waals surface area contributed by atoms with Crippen LogP contribution in [-0.2, 0) is 17.5 Å². The average molecular weight is 366 g/mol. The van der Waals surface area contributed by atoms with E-state index in [0.717, 1.165) is 17.3 Å². The third kappa shape index (κ3) is 4.76. The molecular weight excluding hydrogens is 355 g/mol. The predicted octanol–water partition coefficient (Wildman–Crippen LogP) is 2.07. The number of hydrogen-bond donors (Lipinski definition) is 2. The molecule has 3 N–H and O–H groups in total. The molecule has 0 atom stereocenters. The first-order valence-electron chi connectivity index (χ1n) is 6.19. The van der Waals surface area contributed by atoms with Crippen molar-refractivity contribution in [1.29, 1.82) is 0 Å². The molecule has 0 unspecified atom stereocenters. The van der Waals surface area contributed by atoms with Crippen molar-refractivity contribution in [2.24, 2.45) is 0 Å². The molecule has 1 amide bonds. The van der Waals surface area contributed by atoms with Gasteiger partial charge in [0.2, 0.25) is 11.1 Å². The third-order valence-electron chi connectivity index (χ3n) is 2.63. The van der Waals surface area contributed by atoms with Gasteiger partial charge in [0.15, 0.2) is 0 Å². The molecule has 124 valence electrons. The first kappa shape index (κ1) is 17.4. The summed E-state index contributed by atoms with van der Waals surface area (Å²) >= 11 is 6.57. The van der Waals surface area contributed by atoms with E-state index in [1.54, 1.807) is 24.3 Å². The van der Waals surface area contributed by atoms with Gasteiger partial charge in [-0.3, -0.25) is 4.79 Å². The van der Waals surface area contributed by atoms with Crippen molar-refractivity contribution in [1.82, 2.24) is 20.2 Å². The number of nitrogen functional groups attached to an aromatic ring is 1. The van der Waals surface area contributed by atoms with Gasteiger partial charge >= 0.3 is 6.18 Å². The maximum Gasteiger partial charge on any atom is 0.453 e. The maximum atomic E-state index is 12.5. The second-order valence-corrected chi connectivity index (χ2v) is 5.75. The van der Waals surface area contributed by atoms with Gasteiger partial charge in [0, 0.05) is 11.6 Å². The number of hydrogen-bond acceptors (Lipinski definition) is 5. The number of halogens is 4. The van der Waals surface area contributed by atoms with Crippen molar-refractivity contribution in [3.8, 4) is 0 Å². The Morgan fingerprint density at radius 3 is 2.74 bits per heavy atom. The monoisotopic (exact) mass is 365 g/mol. The quantitative estimate of drug-likeness (QED) is 0.626. The van der Waals surface area contributed by atoms with E-state index < -0.39 is 12.0 Å². The summed E-state index contributed by atoms with van der Waals surface area (Å²) in [6, 6.07) is 6.93. The van der Waals surface area contributed by atoms with Crippen molar-refractivity contribution in [3.63, 3.8) is 0 Å². The normalized spacial score (nSPS) is 11.5. The number of nitrogens with zero attached hydrogens (tertiary/aromatic N) is 3. The highest BCUT2D eigenvalue weighted by molar-refractivity contribution is 7.99. The van der Waals surface area contributed by atoms with Crippen LogP contribution in [0.1, 0.15) is 11.4 Å². The van der Waals surface area contributed by atoms with E-state index in [1.807, 2.05) is 0 Å². The molecule has 0 radical (unpaired) electrons. The number of benzene rings is 1. The summed E-state index contributed by atoms with van der Waals surface area (Å²) in [5.74, 6) is 3.41. The molecule has 0 saturated heterocycles. The highest BCUT2D eigenvalue weighted by Crippen LogP contribution is 2.28. The number of nitrogens with one attached hydrogen (secondary N) is 1. The van der Waals surface area contributed by atoms with Crippen LogP contribution in [0, 0.1) is 0 Å². The van der Waals surface area contributed by atoms with Gasteiger partial charge in [0.25, 0.3) is 5.82 Å². The van der Waals surface area contributed by atoms with Crippen LogP contribution in [0.2, 0.25) is 5.02 Å². The Balaban J connectivity index is 1.86. The topological polar surface area (TPSA) is 85.8 Å². The number of amides is 1. The Bertz CT molecular complexity index is 706. The lowest BCUT2D eigenvalue weighted by atomic mass is 10.2. The summed E-state index contributed by atoms with van der Waals surface area (Å²) in [5.41, 5.74) is 0.803. The van der Waals surface area contributed by atoms with Gasteiger partial charge in [0.1, 0.15) is 0 Å². The Kier molecular flexibility index (Phi) is 5.37. The van der Waals surface area contributed by atoms with Gasteiger partial charge in [-0.25, -0.2) is 4.68 Å². The lowest BCUT2D eigenvalue weighted by Crippen LogP contribution is -2.25. The van der Waals surface area contributed by atoms with Crippen LogP contribution < -0.4 is 11.2 Å². The van der Waals surface area contributed by atoms with Crippen LogP contribution in [0.15, 0.2) is 29.4 Å². The Morgan fingerprint density at radius 2 is 2.13 bits per heavy atom. The Labute approximate surface area is 138 Å². The van der Waals surface area contributed by atoms with Crippen LogP contribution >= 0.6 is 23.4 Å². The first-order chi connectivity index (χ1) is 10.8. The van der Waals surface area contributed by atoms with Crippen LogP contribution in [0.4, 0.5) is 13.2 Å². The van der Waals surface area contributed by atoms with Gasteiger partial charge in [0.05, 0.1) is 5.75 Å². The minimum atomic E-state index is -4.70. The van der Waals surface area contributed by atoms with Gasteiger partial charge in [-0.15, -0.1) is 10.2 Å². The summed E-state index contributed by atoms with van der Waals surface area (Å²) < 4.78 is 37.8. The minimum absolute atomic E-state index is 0.145. The number of rotatable bonds is 5. The van der Waals surface area contributed by atoms with E-state index in [-0.39, 0.29) is 23.4 Å². The van der Waals surface area contributed by atoms with Crippen LogP contribution in [-0.4, -0.2) is 26.5 Å². The molecule has 0 aliphatic heterocycles. The highest BCUT2D eigenvalue weighted by Gasteiger charge is 2.38. The molecule has 0 bridgehead atoms. The van der Waals surface area contributed by atoms with Crippen molar-refractivity contribution in [2.75, 3.05) is 11.6 Å². The van der Waals surface area contributed by atoms with E-state index in [0.29, 0.717) is 9.70 Å². The standard InChI is InChI=1S/C12H11ClF3N5OS/c13-8-3-1-2-7(4-8)5-18-9(22)6-23-11-20-19-10(21(11)17)12(14,15)16/h1-4H,5-6,17H2,(H,18,22). The number of thioether (sulfide) groups is 1. The Morgan fingerprint density at radius 1 is 1.39 bits per heavy atom. The average Bonchev–Trinajstić information content (AvgIpc) is 2.84. The number of carbonyl (C=O) groups excluding carboxylic acids is 1. The van der Waals surface area contributed by atoms with Crippen molar-refractivity contribution in [3.05, 3.63) is 40.7 Å². The van der Waals surface area contributed by atoms with Crippen molar-refractivity contribution < 1.29 is 18.0 Å². The molecule has 0 aliphatic rings. The fraction of sp³-hybridized carbons (Fsp3) is 0.250. The van der Waals surface area contributed by atoms with Gasteiger partial charge in [-0.05, 0) is 17.7 Å². The van der Waals surface area contributed by atoms with Crippen LogP contribution in [0.5, 0.6) is 0 Å². The smallest absolute Gasteiger partial charge is 0.351 e. The summed E-state index contributed by atoms with van der Waals surface area (Å²) in [6.07, 6.45) is -4.70. The fourth-order valence-corrected chi connectivity index (χ4v) is 2.50. The minimum Gasteiger partial charge on any atom is -0.351 e. The summed E-state index contributed by atoms with van der Waals surface area (Å²) in [4.78, 5) is 11.7. The number of alkyl halides is 3. The zero-order valence-corrected chi connectivity index (χ0v) is 13.0. The molecule has 1 aromatic heterocycles. The van der Waals surface area contributed by atoms with Crippen molar-refractivity contribution >= 4 is 29.3 Å². The summed E-state index contributed by atoms with van der Waals surface area (Å²) in [7, 11) is 0. The molecule has 0 aliphatic carbocycles. The first-order valence-corrected chi connectivity index (χ1v) is 7.55. The van der Waals surface area contributed by atoms with E-state index in [1.165, 1.54) is 0 Å². The van der Waals surface area contributed by atoms with E-state index in [4.69, 9.17) is 17.4 Å². The second-order valence-electron chi connectivity index (χ2n) is 4.37. The molecular formula is C12H11ClF3N5OS. The molecule has 11 heteroatoms. The Hall–Kier alpha value is -1.94. The lowest BCUT2D eigenvalue weighted by Gasteiger charge is -2.07. The number of carbonyl (C=O) groups is 1. The number of nitrogens with two attached hydrogens (primary N) is 1. The number of aromatic nitrogens is 3. The van der Waals surface area contributed by atoms with Gasteiger partial charge in [-0.1, -0.05) is 35.5 Å². The fourth-order valence-electron chi connectivity index (χ4n) is 1.60. The molecule has 2 aromatic rings. The molecule has 6 nitrogen and oxygen atoms in total. The van der Waals surface area contributed by atoms with Crippen LogP contribution in [0.3, 0.4) is 0 Å². The highest BCUT2D eigenvalue weighted by atomic mass is 35.5. The molecule has 1 heterocycles. The zero-order chi connectivity index (χ0) is 17.0. The molecule has 23 heavy (non-hydrogen) atoms. The lowest BCUT2D eigenvalue weighted by molar-refractivity contribution is -0.146. The molecule has 0 spiro atoms. The maximum absolute atomic E-state index is 12.5.